The van der Waals surface area contributed by atoms with Crippen LogP contribution in [0.3, 0.4) is 0 Å². The number of amides is 1. The van der Waals surface area contributed by atoms with Crippen LogP contribution >= 0.6 is 11.6 Å². The Kier molecular flexibility index (Phi) is 8.19. The molecule has 0 aliphatic carbocycles. The van der Waals surface area contributed by atoms with Crippen LogP contribution in [0.5, 0.6) is 6.01 Å². The number of carbonyl (C=O) groups is 1. The first-order chi connectivity index (χ1) is 22.3. The lowest BCUT2D eigenvalue weighted by Gasteiger charge is -2.42. The second-order valence-electron chi connectivity index (χ2n) is 12.7. The summed E-state index contributed by atoms with van der Waals surface area (Å²) in [6.07, 6.45) is 7.60. The molecule has 1 amide bonds. The molecule has 7 rings (SSSR count). The molecule has 1 atom stereocenters. The molecular formula is C32H36ClF2N9O2. The van der Waals surface area contributed by atoms with E-state index >= 15 is 0 Å². The predicted molar refractivity (Wildman–Crippen MR) is 169 cm³/mol. The van der Waals surface area contributed by atoms with Crippen LogP contribution in [-0.4, -0.2) is 93.3 Å². The SMILES string of the molecule is C=C(F)C(=O)N1CCN(c2nc(OCC34CCCN3CCC4)nc3c2CCCN3Cc2c(Cl)c(F)cc3[nH]ncc23)C[C@@H]1CC#N. The lowest BCUT2D eigenvalue weighted by atomic mass is 9.95. The Morgan fingerprint density at radius 1 is 1.17 bits per heavy atom. The molecule has 3 saturated heterocycles. The first-order valence-corrected chi connectivity index (χ1v) is 16.3. The zero-order valence-electron chi connectivity index (χ0n) is 25.6. The molecule has 3 aromatic rings. The predicted octanol–water partition coefficient (Wildman–Crippen LogP) is 4.52. The van der Waals surface area contributed by atoms with Gasteiger partial charge in [0.25, 0.3) is 5.91 Å². The van der Waals surface area contributed by atoms with E-state index < -0.39 is 23.6 Å². The number of nitrogens with zero attached hydrogens (tertiary/aromatic N) is 8. The minimum atomic E-state index is -1.04. The van der Waals surface area contributed by atoms with Crippen molar-refractivity contribution in [3.8, 4) is 12.1 Å². The van der Waals surface area contributed by atoms with Gasteiger partial charge in [0.1, 0.15) is 24.1 Å². The lowest BCUT2D eigenvalue weighted by Crippen LogP contribution is -2.55. The molecule has 0 spiro atoms. The second kappa shape index (κ2) is 12.3. The maximum atomic E-state index is 14.9. The number of H-pyrrole nitrogens is 1. The van der Waals surface area contributed by atoms with E-state index in [2.05, 4.69) is 32.6 Å². The highest BCUT2D eigenvalue weighted by Crippen LogP contribution is 2.41. The van der Waals surface area contributed by atoms with Gasteiger partial charge in [-0.3, -0.25) is 14.8 Å². The molecule has 14 heteroatoms. The molecule has 3 fully saturated rings. The largest absolute Gasteiger partial charge is 0.461 e. The second-order valence-corrected chi connectivity index (χ2v) is 13.1. The summed E-state index contributed by atoms with van der Waals surface area (Å²) in [7, 11) is 0. The zero-order chi connectivity index (χ0) is 32.0. The van der Waals surface area contributed by atoms with Gasteiger partial charge in [0.2, 0.25) is 0 Å². The third-order valence-electron chi connectivity index (χ3n) is 10.1. The number of nitrogens with one attached hydrogen (secondary N) is 1. The Balaban J connectivity index is 1.26. The fraction of sp³-hybridized carbons (Fsp3) is 0.531. The topological polar surface area (TPSA) is 118 Å². The molecule has 0 radical (unpaired) electrons. The van der Waals surface area contributed by atoms with E-state index in [1.54, 1.807) is 6.20 Å². The Labute approximate surface area is 270 Å². The molecule has 4 aliphatic heterocycles. The van der Waals surface area contributed by atoms with Gasteiger partial charge in [-0.25, -0.2) is 8.78 Å². The van der Waals surface area contributed by atoms with E-state index in [4.69, 9.17) is 26.3 Å². The van der Waals surface area contributed by atoms with Gasteiger partial charge in [-0.15, -0.1) is 0 Å². The summed E-state index contributed by atoms with van der Waals surface area (Å²) in [5, 5.41) is 17.3. The number of benzene rings is 1. The first-order valence-electron chi connectivity index (χ1n) is 15.9. The van der Waals surface area contributed by atoms with Gasteiger partial charge in [-0.2, -0.15) is 20.3 Å². The summed E-state index contributed by atoms with van der Waals surface area (Å²) in [5.74, 6) is -1.01. The molecule has 0 unspecified atom stereocenters. The third kappa shape index (κ3) is 5.41. The fourth-order valence-electron chi connectivity index (χ4n) is 7.81. The van der Waals surface area contributed by atoms with Crippen molar-refractivity contribution >= 4 is 40.0 Å². The molecule has 0 saturated carbocycles. The van der Waals surface area contributed by atoms with E-state index in [1.165, 1.54) is 11.0 Å². The maximum Gasteiger partial charge on any atom is 0.320 e. The van der Waals surface area contributed by atoms with E-state index in [1.807, 2.05) is 4.90 Å². The van der Waals surface area contributed by atoms with Gasteiger partial charge in [0, 0.05) is 55.3 Å². The molecule has 242 valence electrons. The number of rotatable bonds is 8. The fourth-order valence-corrected chi connectivity index (χ4v) is 8.03. The molecule has 0 bridgehead atoms. The van der Waals surface area contributed by atoms with Crippen LogP contribution in [0.15, 0.2) is 24.7 Å². The molecule has 1 N–H and O–H groups in total. The molecule has 4 aliphatic rings. The lowest BCUT2D eigenvalue weighted by molar-refractivity contribution is -0.131. The van der Waals surface area contributed by atoms with Crippen LogP contribution in [0.1, 0.15) is 49.7 Å². The Morgan fingerprint density at radius 2 is 1.96 bits per heavy atom. The number of fused-ring (bicyclic) bond motifs is 3. The number of piperazine rings is 1. The number of nitriles is 1. The number of aromatic nitrogens is 4. The van der Waals surface area contributed by atoms with E-state index in [0.717, 1.165) is 56.1 Å². The Morgan fingerprint density at radius 3 is 2.72 bits per heavy atom. The average Bonchev–Trinajstić information content (AvgIpc) is 3.78. The highest BCUT2D eigenvalue weighted by molar-refractivity contribution is 6.32. The number of ether oxygens (including phenoxy) is 1. The van der Waals surface area contributed by atoms with Gasteiger partial charge >= 0.3 is 6.01 Å². The van der Waals surface area contributed by atoms with E-state index in [9.17, 15) is 18.8 Å². The quantitative estimate of drug-likeness (QED) is 0.351. The number of hydrogen-bond acceptors (Lipinski definition) is 9. The summed E-state index contributed by atoms with van der Waals surface area (Å²) < 4.78 is 35.2. The first kappa shape index (κ1) is 30.6. The van der Waals surface area contributed by atoms with Crippen molar-refractivity contribution in [2.45, 2.75) is 63.1 Å². The van der Waals surface area contributed by atoms with Crippen LogP contribution in [0.4, 0.5) is 20.4 Å². The monoisotopic (exact) mass is 651 g/mol. The van der Waals surface area contributed by atoms with Crippen molar-refractivity contribution in [2.75, 3.05) is 55.7 Å². The Bertz CT molecular complexity index is 1720. The molecule has 1 aromatic carbocycles. The van der Waals surface area contributed by atoms with E-state index in [-0.39, 0.29) is 29.5 Å². The number of aromatic amines is 1. The highest BCUT2D eigenvalue weighted by Gasteiger charge is 2.45. The van der Waals surface area contributed by atoms with Gasteiger partial charge in [-0.05, 0) is 51.6 Å². The van der Waals surface area contributed by atoms with Gasteiger partial charge in [-0.1, -0.05) is 18.2 Å². The van der Waals surface area contributed by atoms with Crippen LogP contribution in [0, 0.1) is 17.1 Å². The normalized spacial score (nSPS) is 20.9. The number of carbonyl (C=O) groups excluding carboxylic acids is 1. The summed E-state index contributed by atoms with van der Waals surface area (Å²) in [5.41, 5.74) is 2.06. The van der Waals surface area contributed by atoms with Crippen LogP contribution in [0.2, 0.25) is 5.02 Å². The highest BCUT2D eigenvalue weighted by atomic mass is 35.5. The molecular weight excluding hydrogens is 616 g/mol. The summed E-state index contributed by atoms with van der Waals surface area (Å²) in [6, 6.07) is 3.20. The summed E-state index contributed by atoms with van der Waals surface area (Å²) >= 11 is 6.54. The number of hydrogen-bond donors (Lipinski definition) is 1. The zero-order valence-corrected chi connectivity index (χ0v) is 26.3. The standard InChI is InChI=1S/C32H36ClF2N9O2/c1-20(34)30(45)44-14-13-42(17-21(44)6-9-36)29-22-5-2-10-41(18-24-23-16-37-40-26(23)15-25(35)27(24)33)28(22)38-31(39-29)46-19-32-7-3-11-43(32)12-4-8-32/h15-16,21H,1-8,10-14,17-19H2,(H,37,40)/t21-/m0/s1. The molecule has 11 nitrogen and oxygen atoms in total. The summed E-state index contributed by atoms with van der Waals surface area (Å²) in [4.78, 5) is 30.5. The van der Waals surface area contributed by atoms with Gasteiger partial charge < -0.3 is 19.4 Å². The van der Waals surface area contributed by atoms with Crippen molar-refractivity contribution in [3.63, 3.8) is 0 Å². The van der Waals surface area contributed by atoms with Crippen molar-refractivity contribution in [2.24, 2.45) is 0 Å². The average molecular weight is 652 g/mol. The maximum absolute atomic E-state index is 14.9. The Hall–Kier alpha value is -4.02. The van der Waals surface area contributed by atoms with E-state index in [0.29, 0.717) is 61.9 Å². The third-order valence-corrected chi connectivity index (χ3v) is 10.5. The van der Waals surface area contributed by atoms with Crippen molar-refractivity contribution in [1.29, 1.82) is 5.26 Å². The molecule has 6 heterocycles. The van der Waals surface area contributed by atoms with Gasteiger partial charge in [0.15, 0.2) is 5.83 Å². The van der Waals surface area contributed by atoms with Crippen molar-refractivity contribution in [3.05, 3.63) is 46.6 Å². The minimum Gasteiger partial charge on any atom is -0.461 e. The number of anilines is 2. The summed E-state index contributed by atoms with van der Waals surface area (Å²) in [6.45, 7) is 7.63. The molecule has 46 heavy (non-hydrogen) atoms. The van der Waals surface area contributed by atoms with Crippen LogP contribution in [0.25, 0.3) is 10.9 Å². The molecule has 2 aromatic heterocycles. The smallest absolute Gasteiger partial charge is 0.320 e. The van der Waals surface area contributed by atoms with Gasteiger partial charge in [0.05, 0.1) is 40.8 Å². The van der Waals surface area contributed by atoms with Crippen molar-refractivity contribution < 1.29 is 18.3 Å². The van der Waals surface area contributed by atoms with Crippen molar-refractivity contribution in [1.82, 2.24) is 30.0 Å². The van der Waals surface area contributed by atoms with Crippen LogP contribution in [-0.2, 0) is 17.8 Å². The minimum absolute atomic E-state index is 0.0142. The van der Waals surface area contributed by atoms with Crippen LogP contribution < -0.4 is 14.5 Å². The number of halogens is 3.